The molecule has 0 heterocycles. The summed E-state index contributed by atoms with van der Waals surface area (Å²) in [5.41, 5.74) is -4.49. The van der Waals surface area contributed by atoms with Crippen molar-refractivity contribution in [3.05, 3.63) is 35.4 Å². The Labute approximate surface area is 113 Å². The molecule has 1 rings (SSSR count). The van der Waals surface area contributed by atoms with Crippen LogP contribution in [0.25, 0.3) is 0 Å². The van der Waals surface area contributed by atoms with Crippen LogP contribution in [0.3, 0.4) is 0 Å². The minimum atomic E-state index is -5.34. The number of carbonyl (C=O) groups is 2. The molecular weight excluding hydrogens is 303 g/mol. The van der Waals surface area contributed by atoms with Gasteiger partial charge in [-0.25, -0.2) is 0 Å². The van der Waals surface area contributed by atoms with Crippen LogP contribution >= 0.6 is 10.9 Å². The molecule has 0 unspecified atom stereocenters. The van der Waals surface area contributed by atoms with E-state index in [0.717, 1.165) is 0 Å². The van der Waals surface area contributed by atoms with Crippen molar-refractivity contribution in [1.29, 1.82) is 0 Å². The number of aldehydes is 1. The van der Waals surface area contributed by atoms with Crippen LogP contribution in [-0.4, -0.2) is 38.4 Å². The van der Waals surface area contributed by atoms with Crippen molar-refractivity contribution in [2.24, 2.45) is 0 Å². The maximum atomic E-state index is 11.1. The van der Waals surface area contributed by atoms with Gasteiger partial charge in [-0.15, -0.1) is 0 Å². The Balaban J connectivity index is 0.000000396. The molecule has 0 radical (unpaired) electrons. The first kappa shape index (κ1) is 18.4. The molecular formula is C10H12F3NO5S. The molecule has 20 heavy (non-hydrogen) atoms. The van der Waals surface area contributed by atoms with E-state index in [0.29, 0.717) is 17.4 Å². The normalized spacial score (nSPS) is 11.9. The van der Waals surface area contributed by atoms with E-state index >= 15 is 0 Å². The number of benzene rings is 1. The van der Waals surface area contributed by atoms with E-state index in [1.807, 2.05) is 0 Å². The maximum absolute atomic E-state index is 11.1. The molecule has 0 saturated carbocycles. The SMILES string of the molecule is CNC(=O)c1ccccc1C=O.OS(O)(O)C(F)(F)F. The molecule has 0 spiro atoms. The third kappa shape index (κ3) is 5.57. The van der Waals surface area contributed by atoms with Gasteiger partial charge in [0.2, 0.25) is 0 Å². The van der Waals surface area contributed by atoms with E-state index in [-0.39, 0.29) is 5.91 Å². The number of nitrogens with one attached hydrogen (secondary N) is 1. The molecule has 6 nitrogen and oxygen atoms in total. The summed E-state index contributed by atoms with van der Waals surface area (Å²) in [5.74, 6) is -0.238. The highest BCUT2D eigenvalue weighted by Gasteiger charge is 2.47. The van der Waals surface area contributed by atoms with Gasteiger partial charge in [0.15, 0.2) is 17.2 Å². The van der Waals surface area contributed by atoms with Gasteiger partial charge in [-0.3, -0.25) is 9.59 Å². The van der Waals surface area contributed by atoms with Gasteiger partial charge < -0.3 is 19.0 Å². The zero-order chi connectivity index (χ0) is 16.0. The molecule has 114 valence electrons. The average Bonchev–Trinajstić information content (AvgIpc) is 2.36. The van der Waals surface area contributed by atoms with E-state index in [2.05, 4.69) is 5.32 Å². The second kappa shape index (κ2) is 7.24. The van der Waals surface area contributed by atoms with Crippen molar-refractivity contribution in [3.8, 4) is 0 Å². The van der Waals surface area contributed by atoms with Gasteiger partial charge in [0.1, 0.15) is 0 Å². The van der Waals surface area contributed by atoms with E-state index in [1.54, 1.807) is 24.3 Å². The van der Waals surface area contributed by atoms with E-state index < -0.39 is 16.4 Å². The number of carbonyl (C=O) groups excluding carboxylic acids is 2. The van der Waals surface area contributed by atoms with Crippen LogP contribution in [0.4, 0.5) is 13.2 Å². The predicted molar refractivity (Wildman–Crippen MR) is 66.8 cm³/mol. The van der Waals surface area contributed by atoms with Gasteiger partial charge in [-0.1, -0.05) is 18.2 Å². The average molecular weight is 315 g/mol. The van der Waals surface area contributed by atoms with Crippen LogP contribution < -0.4 is 5.32 Å². The summed E-state index contributed by atoms with van der Waals surface area (Å²) in [7, 11) is -3.81. The summed E-state index contributed by atoms with van der Waals surface area (Å²) in [4.78, 5) is 21.6. The van der Waals surface area contributed by atoms with Gasteiger partial charge >= 0.3 is 5.51 Å². The Morgan fingerprint density at radius 2 is 1.70 bits per heavy atom. The highest BCUT2D eigenvalue weighted by molar-refractivity contribution is 8.20. The molecule has 4 N–H and O–H groups in total. The third-order valence-electron chi connectivity index (χ3n) is 1.87. The molecule has 0 fully saturated rings. The highest BCUT2D eigenvalue weighted by atomic mass is 32.3. The van der Waals surface area contributed by atoms with Gasteiger partial charge in [0, 0.05) is 18.2 Å². The third-order valence-corrected chi connectivity index (χ3v) is 2.49. The molecule has 0 saturated heterocycles. The number of hydrogen-bond acceptors (Lipinski definition) is 5. The lowest BCUT2D eigenvalue weighted by Crippen LogP contribution is -2.19. The van der Waals surface area contributed by atoms with Crippen molar-refractivity contribution in [1.82, 2.24) is 5.32 Å². The monoisotopic (exact) mass is 315 g/mol. The topological polar surface area (TPSA) is 107 Å². The second-order valence-corrected chi connectivity index (χ2v) is 4.75. The maximum Gasteiger partial charge on any atom is 0.493 e. The summed E-state index contributed by atoms with van der Waals surface area (Å²) in [5, 5.41) is 2.46. The van der Waals surface area contributed by atoms with Crippen LogP contribution in [0.5, 0.6) is 0 Å². The fourth-order valence-electron chi connectivity index (χ4n) is 0.941. The van der Waals surface area contributed by atoms with Crippen molar-refractivity contribution >= 4 is 23.1 Å². The molecule has 0 bridgehead atoms. The van der Waals surface area contributed by atoms with Crippen molar-refractivity contribution in [3.63, 3.8) is 0 Å². The minimum Gasteiger partial charge on any atom is -0.355 e. The second-order valence-electron chi connectivity index (χ2n) is 3.25. The number of amides is 1. The smallest absolute Gasteiger partial charge is 0.355 e. The van der Waals surface area contributed by atoms with Crippen molar-refractivity contribution in [2.75, 3.05) is 7.05 Å². The van der Waals surface area contributed by atoms with E-state index in [9.17, 15) is 22.8 Å². The summed E-state index contributed by atoms with van der Waals surface area (Å²) >= 11 is 0. The van der Waals surface area contributed by atoms with E-state index in [1.165, 1.54) is 7.05 Å². The predicted octanol–water partition coefficient (Wildman–Crippen LogP) is 2.59. The van der Waals surface area contributed by atoms with Gasteiger partial charge in [-0.2, -0.15) is 13.2 Å². The Morgan fingerprint density at radius 3 is 2.05 bits per heavy atom. The molecule has 1 aromatic carbocycles. The first-order chi connectivity index (χ1) is 9.04. The quantitative estimate of drug-likeness (QED) is 0.628. The molecule has 1 aromatic rings. The molecule has 0 aliphatic carbocycles. The first-order valence-electron chi connectivity index (χ1n) is 4.87. The first-order valence-corrected chi connectivity index (χ1v) is 6.38. The van der Waals surface area contributed by atoms with Crippen molar-refractivity contribution < 1.29 is 36.4 Å². The number of alkyl halides is 3. The summed E-state index contributed by atoms with van der Waals surface area (Å²) in [6.07, 6.45) is 0.671. The Kier molecular flexibility index (Phi) is 6.65. The van der Waals surface area contributed by atoms with Gasteiger partial charge in [0.05, 0.1) is 0 Å². The lowest BCUT2D eigenvalue weighted by Gasteiger charge is -2.20. The standard InChI is InChI=1S/C9H9NO2.CH3F3O3S/c1-10-9(12)8-5-3-2-4-7(8)6-11;2-1(3,4)8(5,6)7/h2-6H,1H3,(H,10,12);5-7H. The van der Waals surface area contributed by atoms with Gasteiger partial charge in [-0.05, 0) is 6.07 Å². The number of rotatable bonds is 2. The largest absolute Gasteiger partial charge is 0.493 e. The molecule has 10 heteroatoms. The number of hydrogen-bond donors (Lipinski definition) is 4. The lowest BCUT2D eigenvalue weighted by molar-refractivity contribution is -0.0626. The Hall–Kier alpha value is -1.62. The molecule has 0 aliphatic rings. The van der Waals surface area contributed by atoms with Crippen LogP contribution in [0.15, 0.2) is 24.3 Å². The minimum absolute atomic E-state index is 0.238. The summed E-state index contributed by atoms with van der Waals surface area (Å²) in [6.45, 7) is 0. The Morgan fingerprint density at radius 1 is 1.25 bits per heavy atom. The van der Waals surface area contributed by atoms with Crippen LogP contribution in [0.2, 0.25) is 0 Å². The van der Waals surface area contributed by atoms with Crippen LogP contribution in [-0.2, 0) is 0 Å². The zero-order valence-corrected chi connectivity index (χ0v) is 10.9. The molecule has 1 amide bonds. The fraction of sp³-hybridized carbons (Fsp3) is 0.200. The number of halogens is 3. The van der Waals surface area contributed by atoms with Crippen LogP contribution in [0.1, 0.15) is 20.7 Å². The molecule has 0 aliphatic heterocycles. The van der Waals surface area contributed by atoms with E-state index in [4.69, 9.17) is 13.7 Å². The van der Waals surface area contributed by atoms with Crippen molar-refractivity contribution in [2.45, 2.75) is 5.51 Å². The van der Waals surface area contributed by atoms with Gasteiger partial charge in [0.25, 0.3) is 5.91 Å². The molecule has 0 atom stereocenters. The van der Waals surface area contributed by atoms with Crippen LogP contribution in [0, 0.1) is 0 Å². The highest BCUT2D eigenvalue weighted by Crippen LogP contribution is 2.51. The zero-order valence-electron chi connectivity index (χ0n) is 10.1. The molecule has 0 aromatic heterocycles. The summed E-state index contributed by atoms with van der Waals surface area (Å²) in [6, 6.07) is 6.66. The summed E-state index contributed by atoms with van der Waals surface area (Å²) < 4.78 is 54.8. The fourth-order valence-corrected chi connectivity index (χ4v) is 0.941. The Bertz CT molecular complexity index is 461. The lowest BCUT2D eigenvalue weighted by atomic mass is 10.1.